The Bertz CT molecular complexity index is 336. The van der Waals surface area contributed by atoms with Crippen LogP contribution in [0.2, 0.25) is 5.02 Å². The molecule has 1 N–H and O–H groups in total. The Hall–Kier alpha value is -0.740. The first-order valence-electron chi connectivity index (χ1n) is 4.41. The molecule has 5 heteroatoms. The molecular weight excluding hydrogens is 227 g/mol. The molecule has 0 fully saturated rings. The number of benzene rings is 1. The van der Waals surface area contributed by atoms with Gasteiger partial charge in [-0.25, -0.2) is 0 Å². The predicted molar refractivity (Wildman–Crippen MR) is 54.0 cm³/mol. The summed E-state index contributed by atoms with van der Waals surface area (Å²) in [5, 5.41) is 2.78. The van der Waals surface area contributed by atoms with Gasteiger partial charge < -0.3 is 5.32 Å². The van der Waals surface area contributed by atoms with Gasteiger partial charge >= 0.3 is 6.18 Å². The van der Waals surface area contributed by atoms with Gasteiger partial charge in [0.15, 0.2) is 0 Å². The fourth-order valence-corrected chi connectivity index (χ4v) is 1.44. The van der Waals surface area contributed by atoms with Crippen molar-refractivity contribution < 1.29 is 13.2 Å². The van der Waals surface area contributed by atoms with Crippen molar-refractivity contribution in [1.82, 2.24) is 5.32 Å². The average molecular weight is 238 g/mol. The molecule has 0 bridgehead atoms. The fraction of sp³-hybridized carbons (Fsp3) is 0.400. The Labute approximate surface area is 91.2 Å². The van der Waals surface area contributed by atoms with E-state index in [1.54, 1.807) is 12.1 Å². The molecule has 0 amide bonds. The van der Waals surface area contributed by atoms with E-state index >= 15 is 0 Å². The number of hydrogen-bond acceptors (Lipinski definition) is 1. The highest BCUT2D eigenvalue weighted by Gasteiger charge is 2.26. The molecule has 0 unspecified atom stereocenters. The normalized spacial score (nSPS) is 11.8. The first-order chi connectivity index (χ1) is 6.88. The van der Waals surface area contributed by atoms with Gasteiger partial charge in [-0.1, -0.05) is 23.7 Å². The van der Waals surface area contributed by atoms with E-state index in [0.717, 1.165) is 5.56 Å². The maximum absolute atomic E-state index is 11.8. The maximum atomic E-state index is 11.8. The van der Waals surface area contributed by atoms with Gasteiger partial charge in [0.25, 0.3) is 0 Å². The molecule has 1 nitrogen and oxygen atoms in total. The molecular formula is C10H11ClF3N. The Balaban J connectivity index is 2.51. The lowest BCUT2D eigenvalue weighted by atomic mass is 10.1. The summed E-state index contributed by atoms with van der Waals surface area (Å²) < 4.78 is 35.5. The van der Waals surface area contributed by atoms with Gasteiger partial charge in [-0.05, 0) is 24.1 Å². The third kappa shape index (κ3) is 4.53. The summed E-state index contributed by atoms with van der Waals surface area (Å²) in [5.41, 5.74) is 1.66. The van der Waals surface area contributed by atoms with Crippen LogP contribution in [0.15, 0.2) is 18.2 Å². The molecule has 0 aliphatic rings. The molecule has 0 saturated carbocycles. The highest BCUT2D eigenvalue weighted by molar-refractivity contribution is 6.31. The van der Waals surface area contributed by atoms with Gasteiger partial charge in [-0.2, -0.15) is 13.2 Å². The second-order valence-electron chi connectivity index (χ2n) is 3.31. The molecule has 0 heterocycles. The predicted octanol–water partition coefficient (Wildman–Crippen LogP) is 3.30. The van der Waals surface area contributed by atoms with Gasteiger partial charge in [0.05, 0.1) is 6.54 Å². The van der Waals surface area contributed by atoms with E-state index in [2.05, 4.69) is 5.32 Å². The summed E-state index contributed by atoms with van der Waals surface area (Å²) in [7, 11) is 0. The number of alkyl halides is 3. The van der Waals surface area contributed by atoms with Crippen molar-refractivity contribution in [3.05, 3.63) is 34.3 Å². The van der Waals surface area contributed by atoms with Crippen LogP contribution in [0.5, 0.6) is 0 Å². The highest BCUT2D eigenvalue weighted by Crippen LogP contribution is 2.18. The second kappa shape index (κ2) is 4.86. The molecule has 0 spiro atoms. The smallest absolute Gasteiger partial charge is 0.305 e. The summed E-state index contributed by atoms with van der Waals surface area (Å²) in [5.74, 6) is 0. The number of rotatable bonds is 3. The van der Waals surface area contributed by atoms with Gasteiger partial charge in [-0.3, -0.25) is 0 Å². The molecule has 1 aromatic carbocycles. The molecule has 15 heavy (non-hydrogen) atoms. The monoisotopic (exact) mass is 237 g/mol. The van der Waals surface area contributed by atoms with E-state index in [9.17, 15) is 13.2 Å². The third-order valence-corrected chi connectivity index (χ3v) is 2.20. The average Bonchev–Trinajstić information content (AvgIpc) is 2.07. The quantitative estimate of drug-likeness (QED) is 0.851. The summed E-state index contributed by atoms with van der Waals surface area (Å²) >= 11 is 5.86. The van der Waals surface area contributed by atoms with Crippen molar-refractivity contribution >= 4 is 11.6 Å². The van der Waals surface area contributed by atoms with E-state index in [1.165, 1.54) is 0 Å². The minimum atomic E-state index is -4.18. The topological polar surface area (TPSA) is 12.0 Å². The second-order valence-corrected chi connectivity index (χ2v) is 3.72. The van der Waals surface area contributed by atoms with Gasteiger partial charge in [0.1, 0.15) is 0 Å². The van der Waals surface area contributed by atoms with Crippen LogP contribution in [-0.2, 0) is 6.54 Å². The lowest BCUT2D eigenvalue weighted by Gasteiger charge is -2.09. The van der Waals surface area contributed by atoms with Crippen molar-refractivity contribution in [3.8, 4) is 0 Å². The molecule has 1 rings (SSSR count). The molecule has 0 aliphatic heterocycles. The van der Waals surface area contributed by atoms with Crippen LogP contribution in [0.4, 0.5) is 13.2 Å². The number of aryl methyl sites for hydroxylation is 1. The molecule has 84 valence electrons. The van der Waals surface area contributed by atoms with Crippen LogP contribution in [-0.4, -0.2) is 12.7 Å². The van der Waals surface area contributed by atoms with Crippen molar-refractivity contribution in [2.45, 2.75) is 19.6 Å². The highest BCUT2D eigenvalue weighted by atomic mass is 35.5. The zero-order valence-corrected chi connectivity index (χ0v) is 8.91. The summed E-state index contributed by atoms with van der Waals surface area (Å²) in [6.07, 6.45) is -4.18. The Morgan fingerprint density at radius 2 is 2.00 bits per heavy atom. The van der Waals surface area contributed by atoms with Crippen molar-refractivity contribution in [3.63, 3.8) is 0 Å². The first-order valence-corrected chi connectivity index (χ1v) is 4.79. The molecule has 0 aromatic heterocycles. The van der Waals surface area contributed by atoms with E-state index in [-0.39, 0.29) is 6.54 Å². The van der Waals surface area contributed by atoms with Crippen molar-refractivity contribution in [1.29, 1.82) is 0 Å². The van der Waals surface area contributed by atoms with Crippen LogP contribution in [0.25, 0.3) is 0 Å². The molecule has 0 radical (unpaired) electrons. The number of nitrogens with one attached hydrogen (secondary N) is 1. The SMILES string of the molecule is Cc1ccc(CNCC(F)(F)F)c(Cl)c1. The van der Waals surface area contributed by atoms with E-state index in [4.69, 9.17) is 11.6 Å². The fourth-order valence-electron chi connectivity index (χ4n) is 1.13. The largest absolute Gasteiger partial charge is 0.401 e. The minimum Gasteiger partial charge on any atom is -0.305 e. The third-order valence-electron chi connectivity index (χ3n) is 1.85. The van der Waals surface area contributed by atoms with E-state index in [1.807, 2.05) is 13.0 Å². The Kier molecular flexibility index (Phi) is 3.99. The number of halogens is 4. The first kappa shape index (κ1) is 12.3. The molecule has 1 aromatic rings. The van der Waals surface area contributed by atoms with Crippen LogP contribution >= 0.6 is 11.6 Å². The van der Waals surface area contributed by atoms with Crippen LogP contribution in [0.1, 0.15) is 11.1 Å². The van der Waals surface area contributed by atoms with Crippen LogP contribution < -0.4 is 5.32 Å². The van der Waals surface area contributed by atoms with Crippen molar-refractivity contribution in [2.75, 3.05) is 6.54 Å². The molecule has 0 atom stereocenters. The van der Waals surface area contributed by atoms with Gasteiger partial charge in [0.2, 0.25) is 0 Å². The summed E-state index contributed by atoms with van der Waals surface area (Å²) in [6, 6.07) is 5.27. The maximum Gasteiger partial charge on any atom is 0.401 e. The van der Waals surface area contributed by atoms with Gasteiger partial charge in [-0.15, -0.1) is 0 Å². The zero-order valence-electron chi connectivity index (χ0n) is 8.16. The summed E-state index contributed by atoms with van der Waals surface area (Å²) in [4.78, 5) is 0. The van der Waals surface area contributed by atoms with Crippen LogP contribution in [0, 0.1) is 6.92 Å². The lowest BCUT2D eigenvalue weighted by molar-refractivity contribution is -0.125. The Morgan fingerprint density at radius 3 is 2.53 bits per heavy atom. The standard InChI is InChI=1S/C10H11ClF3N/c1-7-2-3-8(9(11)4-7)5-15-6-10(12,13)14/h2-4,15H,5-6H2,1H3. The van der Waals surface area contributed by atoms with Gasteiger partial charge in [0, 0.05) is 11.6 Å². The van der Waals surface area contributed by atoms with Crippen LogP contribution in [0.3, 0.4) is 0 Å². The Morgan fingerprint density at radius 1 is 1.33 bits per heavy atom. The lowest BCUT2D eigenvalue weighted by Crippen LogP contribution is -2.28. The zero-order chi connectivity index (χ0) is 11.5. The van der Waals surface area contributed by atoms with Crippen molar-refractivity contribution in [2.24, 2.45) is 0 Å². The number of hydrogen-bond donors (Lipinski definition) is 1. The van der Waals surface area contributed by atoms with E-state index in [0.29, 0.717) is 10.6 Å². The molecule has 0 aliphatic carbocycles. The minimum absolute atomic E-state index is 0.124. The summed E-state index contributed by atoms with van der Waals surface area (Å²) in [6.45, 7) is 0.995. The van der Waals surface area contributed by atoms with E-state index < -0.39 is 12.7 Å². The molecule has 0 saturated heterocycles.